The van der Waals surface area contributed by atoms with E-state index in [2.05, 4.69) is 9.59 Å². The van der Waals surface area contributed by atoms with Gasteiger partial charge >= 0.3 is 16.9 Å². The predicted molar refractivity (Wildman–Crippen MR) is 66.6 cm³/mol. The van der Waals surface area contributed by atoms with Crippen molar-refractivity contribution in [3.05, 3.63) is 47.2 Å². The standard InChI is InChI=1S/C8H6ClN5O4S/c1-12-3-5(14(17)18)7(15)13(8(12)16)2-4-6(9)19-11-10-4/h3H,2H2,1H3. The zero-order valence-electron chi connectivity index (χ0n) is 9.44. The molecular formula is C8H6ClN5O4S. The second-order valence-electron chi connectivity index (χ2n) is 3.55. The third-order valence-corrected chi connectivity index (χ3v) is 3.31. The Kier molecular flexibility index (Phi) is 3.44. The molecule has 0 aromatic carbocycles. The maximum absolute atomic E-state index is 11.8. The SMILES string of the molecule is Cn1cc([N+](=O)[O-])c(=O)n(Cc2nnsc2Cl)c1=O. The van der Waals surface area contributed by atoms with Crippen molar-refractivity contribution in [2.24, 2.45) is 7.05 Å². The van der Waals surface area contributed by atoms with Gasteiger partial charge in [-0.05, 0) is 0 Å². The second kappa shape index (κ2) is 4.90. The molecule has 0 saturated heterocycles. The van der Waals surface area contributed by atoms with Crippen LogP contribution in [0.3, 0.4) is 0 Å². The van der Waals surface area contributed by atoms with Crippen molar-refractivity contribution in [3.8, 4) is 0 Å². The molecule has 100 valence electrons. The molecule has 0 bridgehead atoms. The minimum absolute atomic E-state index is 0.214. The van der Waals surface area contributed by atoms with Crippen molar-refractivity contribution in [2.75, 3.05) is 0 Å². The summed E-state index contributed by atoms with van der Waals surface area (Å²) in [5.41, 5.74) is -2.18. The fourth-order valence-electron chi connectivity index (χ4n) is 1.42. The lowest BCUT2D eigenvalue weighted by molar-refractivity contribution is -0.387. The van der Waals surface area contributed by atoms with Gasteiger partial charge in [-0.3, -0.25) is 19.5 Å². The van der Waals surface area contributed by atoms with Crippen LogP contribution in [0.4, 0.5) is 5.69 Å². The average Bonchev–Trinajstić information content (AvgIpc) is 2.74. The van der Waals surface area contributed by atoms with Crippen LogP contribution in [0.5, 0.6) is 0 Å². The van der Waals surface area contributed by atoms with Gasteiger partial charge in [0.25, 0.3) is 0 Å². The van der Waals surface area contributed by atoms with Gasteiger partial charge in [0.1, 0.15) is 10.0 Å². The highest BCUT2D eigenvalue weighted by atomic mass is 35.5. The lowest BCUT2D eigenvalue weighted by Gasteiger charge is -2.05. The first kappa shape index (κ1) is 13.4. The zero-order chi connectivity index (χ0) is 14.2. The molecule has 2 rings (SSSR count). The van der Waals surface area contributed by atoms with Gasteiger partial charge in [0, 0.05) is 18.6 Å². The van der Waals surface area contributed by atoms with Gasteiger partial charge < -0.3 is 0 Å². The fourth-order valence-corrected chi connectivity index (χ4v) is 2.03. The maximum atomic E-state index is 11.8. The topological polar surface area (TPSA) is 113 Å². The average molecular weight is 304 g/mol. The van der Waals surface area contributed by atoms with Gasteiger partial charge in [0.05, 0.1) is 17.7 Å². The Balaban J connectivity index is 2.63. The number of hydrogen-bond acceptors (Lipinski definition) is 7. The molecule has 0 unspecified atom stereocenters. The van der Waals surface area contributed by atoms with Crippen molar-refractivity contribution < 1.29 is 4.92 Å². The number of rotatable bonds is 3. The molecule has 0 spiro atoms. The Labute approximate surface area is 114 Å². The van der Waals surface area contributed by atoms with Crippen LogP contribution in [-0.2, 0) is 13.6 Å². The molecule has 2 aromatic heterocycles. The summed E-state index contributed by atoms with van der Waals surface area (Å²) in [6, 6.07) is 0. The van der Waals surface area contributed by atoms with Gasteiger partial charge in [0.2, 0.25) is 0 Å². The van der Waals surface area contributed by atoms with Gasteiger partial charge in [-0.25, -0.2) is 9.36 Å². The molecule has 0 radical (unpaired) electrons. The molecule has 2 aromatic rings. The van der Waals surface area contributed by atoms with Crippen LogP contribution in [0, 0.1) is 10.1 Å². The minimum Gasteiger partial charge on any atom is -0.297 e. The third kappa shape index (κ3) is 2.39. The van der Waals surface area contributed by atoms with E-state index in [1.807, 2.05) is 0 Å². The summed E-state index contributed by atoms with van der Waals surface area (Å²) in [6.07, 6.45) is 0.877. The largest absolute Gasteiger partial charge is 0.350 e. The molecule has 0 aliphatic carbocycles. The molecule has 0 amide bonds. The summed E-state index contributed by atoms with van der Waals surface area (Å²) in [5.74, 6) is 0. The number of aryl methyl sites for hydroxylation is 1. The third-order valence-electron chi connectivity index (χ3n) is 2.33. The zero-order valence-corrected chi connectivity index (χ0v) is 11.0. The van der Waals surface area contributed by atoms with Crippen LogP contribution >= 0.6 is 23.1 Å². The normalized spacial score (nSPS) is 10.6. The molecular weight excluding hydrogens is 298 g/mol. The first-order valence-corrected chi connectivity index (χ1v) is 5.98. The molecule has 0 fully saturated rings. The summed E-state index contributed by atoms with van der Waals surface area (Å²) in [6.45, 7) is -0.261. The fraction of sp³-hybridized carbons (Fsp3) is 0.250. The summed E-state index contributed by atoms with van der Waals surface area (Å²) in [7, 11) is 1.31. The summed E-state index contributed by atoms with van der Waals surface area (Å²) < 4.78 is 5.43. The molecule has 9 nitrogen and oxygen atoms in total. The van der Waals surface area contributed by atoms with Crippen molar-refractivity contribution in [1.82, 2.24) is 18.7 Å². The van der Waals surface area contributed by atoms with Crippen LogP contribution in [-0.4, -0.2) is 23.6 Å². The van der Waals surface area contributed by atoms with E-state index in [1.54, 1.807) is 0 Å². The van der Waals surface area contributed by atoms with Crippen LogP contribution < -0.4 is 11.2 Å². The Morgan fingerprint density at radius 3 is 2.74 bits per heavy atom. The van der Waals surface area contributed by atoms with Gasteiger partial charge in [-0.15, -0.1) is 5.10 Å². The molecule has 19 heavy (non-hydrogen) atoms. The number of halogens is 1. The van der Waals surface area contributed by atoms with E-state index < -0.39 is 21.9 Å². The smallest absolute Gasteiger partial charge is 0.297 e. The highest BCUT2D eigenvalue weighted by Gasteiger charge is 2.20. The quantitative estimate of drug-likeness (QED) is 0.583. The Bertz CT molecular complexity index is 763. The second-order valence-corrected chi connectivity index (χ2v) is 4.91. The first-order valence-electron chi connectivity index (χ1n) is 4.83. The Hall–Kier alpha value is -2.07. The maximum Gasteiger partial charge on any atom is 0.350 e. The van der Waals surface area contributed by atoms with E-state index in [4.69, 9.17) is 11.6 Å². The van der Waals surface area contributed by atoms with E-state index >= 15 is 0 Å². The summed E-state index contributed by atoms with van der Waals surface area (Å²) in [5, 5.41) is 14.4. The molecule has 0 aliphatic rings. The lowest BCUT2D eigenvalue weighted by Crippen LogP contribution is -2.39. The lowest BCUT2D eigenvalue weighted by atomic mass is 10.4. The minimum atomic E-state index is -1.00. The van der Waals surface area contributed by atoms with Gasteiger partial charge in [-0.2, -0.15) is 0 Å². The highest BCUT2D eigenvalue weighted by Crippen LogP contribution is 2.17. The molecule has 0 atom stereocenters. The summed E-state index contributed by atoms with van der Waals surface area (Å²) in [4.78, 5) is 33.5. The number of hydrogen-bond donors (Lipinski definition) is 0. The van der Waals surface area contributed by atoms with Crippen LogP contribution in [0.25, 0.3) is 0 Å². The monoisotopic (exact) mass is 303 g/mol. The van der Waals surface area contributed by atoms with Gasteiger partial charge in [-0.1, -0.05) is 16.1 Å². The number of aromatic nitrogens is 4. The van der Waals surface area contributed by atoms with Crippen molar-refractivity contribution in [1.29, 1.82) is 0 Å². The van der Waals surface area contributed by atoms with Crippen molar-refractivity contribution in [2.45, 2.75) is 6.54 Å². The number of nitrogens with zero attached hydrogens (tertiary/aromatic N) is 5. The number of nitro groups is 1. The molecule has 0 N–H and O–H groups in total. The summed E-state index contributed by atoms with van der Waals surface area (Å²) >= 11 is 6.67. The predicted octanol–water partition coefficient (Wildman–Crippen LogP) is 0.00840. The van der Waals surface area contributed by atoms with E-state index in [-0.39, 0.29) is 16.6 Å². The van der Waals surface area contributed by atoms with Crippen LogP contribution in [0.1, 0.15) is 5.69 Å². The molecule has 2 heterocycles. The van der Waals surface area contributed by atoms with Crippen molar-refractivity contribution in [3.63, 3.8) is 0 Å². The van der Waals surface area contributed by atoms with E-state index in [0.717, 1.165) is 22.3 Å². The molecule has 0 saturated carbocycles. The molecule has 0 aliphatic heterocycles. The molecule has 11 heteroatoms. The van der Waals surface area contributed by atoms with Gasteiger partial charge in [0.15, 0.2) is 0 Å². The first-order chi connectivity index (χ1) is 8.91. The van der Waals surface area contributed by atoms with E-state index in [1.165, 1.54) is 7.05 Å². The Morgan fingerprint density at radius 2 is 2.21 bits per heavy atom. The van der Waals surface area contributed by atoms with Crippen LogP contribution in [0.2, 0.25) is 4.34 Å². The van der Waals surface area contributed by atoms with E-state index in [9.17, 15) is 19.7 Å². The highest BCUT2D eigenvalue weighted by molar-refractivity contribution is 7.10. The Morgan fingerprint density at radius 1 is 1.53 bits per heavy atom. The van der Waals surface area contributed by atoms with Crippen LogP contribution in [0.15, 0.2) is 15.8 Å². The van der Waals surface area contributed by atoms with E-state index in [0.29, 0.717) is 4.57 Å². The van der Waals surface area contributed by atoms with Crippen molar-refractivity contribution >= 4 is 28.8 Å².